The summed E-state index contributed by atoms with van der Waals surface area (Å²) in [7, 11) is 1.31. The Morgan fingerprint density at radius 1 is 1.50 bits per heavy atom. The van der Waals surface area contributed by atoms with Gasteiger partial charge in [-0.1, -0.05) is 6.07 Å². The highest BCUT2D eigenvalue weighted by atomic mass is 32.1. The number of methoxy groups -OCH3 is 1. The summed E-state index contributed by atoms with van der Waals surface area (Å²) < 4.78 is 10.1. The average molecular weight is 320 g/mol. The summed E-state index contributed by atoms with van der Waals surface area (Å²) in [4.78, 5) is 26.7. The summed E-state index contributed by atoms with van der Waals surface area (Å²) in [5.74, 6) is 0.300. The first kappa shape index (κ1) is 14.8. The first-order chi connectivity index (χ1) is 10.7. The van der Waals surface area contributed by atoms with Gasteiger partial charge in [0.15, 0.2) is 0 Å². The fourth-order valence-corrected chi connectivity index (χ4v) is 3.37. The van der Waals surface area contributed by atoms with E-state index in [-0.39, 0.29) is 17.7 Å². The van der Waals surface area contributed by atoms with Gasteiger partial charge >= 0.3 is 5.97 Å². The third-order valence-corrected chi connectivity index (χ3v) is 4.46. The summed E-state index contributed by atoms with van der Waals surface area (Å²) in [5, 5.41) is 4.85. The topological polar surface area (TPSA) is 71.8 Å². The van der Waals surface area contributed by atoms with Gasteiger partial charge < -0.3 is 14.5 Å². The van der Waals surface area contributed by atoms with Crippen LogP contribution in [-0.2, 0) is 16.1 Å². The molecule has 0 aromatic carbocycles. The zero-order valence-corrected chi connectivity index (χ0v) is 12.9. The highest BCUT2D eigenvalue weighted by Crippen LogP contribution is 2.28. The largest absolute Gasteiger partial charge is 0.463 e. The van der Waals surface area contributed by atoms with Crippen LogP contribution in [-0.4, -0.2) is 37.0 Å². The zero-order chi connectivity index (χ0) is 15.5. The van der Waals surface area contributed by atoms with Crippen LogP contribution in [0.3, 0.4) is 0 Å². The number of hydrogen-bond donors (Lipinski definition) is 1. The van der Waals surface area contributed by atoms with Crippen molar-refractivity contribution in [3.8, 4) is 0 Å². The molecule has 1 aliphatic rings. The number of esters is 1. The second-order valence-electron chi connectivity index (χ2n) is 4.94. The van der Waals surface area contributed by atoms with E-state index < -0.39 is 5.97 Å². The Kier molecular flexibility index (Phi) is 4.26. The lowest BCUT2D eigenvalue weighted by atomic mass is 10.1. The number of hydrogen-bond acceptors (Lipinski definition) is 6. The molecule has 1 unspecified atom stereocenters. The molecule has 3 heterocycles. The number of thiophene rings is 1. The van der Waals surface area contributed by atoms with Crippen LogP contribution in [0.25, 0.3) is 0 Å². The van der Waals surface area contributed by atoms with E-state index in [1.165, 1.54) is 7.11 Å². The number of nitrogens with one attached hydrogen (secondary N) is 1. The number of carbonyl (C=O) groups is 2. The summed E-state index contributed by atoms with van der Waals surface area (Å²) in [6, 6.07) is 6.90. The third-order valence-electron chi connectivity index (χ3n) is 3.53. The molecule has 2 aromatic rings. The van der Waals surface area contributed by atoms with Gasteiger partial charge in [-0.2, -0.15) is 0 Å². The van der Waals surface area contributed by atoms with E-state index in [4.69, 9.17) is 4.42 Å². The monoisotopic (exact) mass is 320 g/mol. The maximum absolute atomic E-state index is 12.2. The van der Waals surface area contributed by atoms with E-state index in [0.29, 0.717) is 18.8 Å². The minimum absolute atomic E-state index is 0.00607. The van der Waals surface area contributed by atoms with Crippen LogP contribution in [0, 0.1) is 0 Å². The molecule has 1 saturated heterocycles. The van der Waals surface area contributed by atoms with Gasteiger partial charge in [0.05, 0.1) is 13.7 Å². The highest BCUT2D eigenvalue weighted by Gasteiger charge is 2.32. The first-order valence-electron chi connectivity index (χ1n) is 6.91. The van der Waals surface area contributed by atoms with Crippen molar-refractivity contribution in [1.29, 1.82) is 0 Å². The maximum Gasteiger partial charge on any atom is 0.373 e. The van der Waals surface area contributed by atoms with Gasteiger partial charge in [-0.15, -0.1) is 11.3 Å². The minimum Gasteiger partial charge on any atom is -0.463 e. The number of carbonyl (C=O) groups excluding carboxylic acids is 2. The van der Waals surface area contributed by atoms with Crippen LogP contribution in [0.5, 0.6) is 0 Å². The molecule has 1 N–H and O–H groups in total. The smallest absolute Gasteiger partial charge is 0.373 e. The lowest BCUT2D eigenvalue weighted by Gasteiger charge is -2.33. The van der Waals surface area contributed by atoms with E-state index >= 15 is 0 Å². The molecule has 1 amide bonds. The van der Waals surface area contributed by atoms with Crippen LogP contribution in [0.15, 0.2) is 34.1 Å². The molecule has 3 rings (SSSR count). The minimum atomic E-state index is -0.502. The Morgan fingerprint density at radius 2 is 2.36 bits per heavy atom. The van der Waals surface area contributed by atoms with Gasteiger partial charge in [0.1, 0.15) is 11.8 Å². The molecule has 22 heavy (non-hydrogen) atoms. The number of rotatable bonds is 4. The number of nitrogens with zero attached hydrogens (tertiary/aromatic N) is 1. The highest BCUT2D eigenvalue weighted by molar-refractivity contribution is 7.10. The standard InChI is InChI=1S/C15H16N2O4S/c1-20-15(19)11-5-4-10(21-11)9-17-7-6-16-14(18)13(17)12-3-2-8-22-12/h2-5,8,13H,6-7,9H2,1H3,(H,16,18). The van der Waals surface area contributed by atoms with Crippen molar-refractivity contribution in [2.45, 2.75) is 12.6 Å². The summed E-state index contributed by atoms with van der Waals surface area (Å²) in [6.45, 7) is 1.79. The van der Waals surface area contributed by atoms with Gasteiger partial charge in [-0.25, -0.2) is 4.79 Å². The fourth-order valence-electron chi connectivity index (χ4n) is 2.51. The molecular weight excluding hydrogens is 304 g/mol. The molecular formula is C15H16N2O4S. The SMILES string of the molecule is COC(=O)c1ccc(CN2CCNC(=O)C2c2cccs2)o1. The molecule has 1 fully saturated rings. The van der Waals surface area contributed by atoms with Gasteiger partial charge in [0.25, 0.3) is 0 Å². The van der Waals surface area contributed by atoms with Crippen molar-refractivity contribution in [2.75, 3.05) is 20.2 Å². The second kappa shape index (κ2) is 6.33. The van der Waals surface area contributed by atoms with Crippen LogP contribution < -0.4 is 5.32 Å². The van der Waals surface area contributed by atoms with Crippen LogP contribution in [0.4, 0.5) is 0 Å². The van der Waals surface area contributed by atoms with E-state index in [0.717, 1.165) is 11.4 Å². The van der Waals surface area contributed by atoms with Crippen molar-refractivity contribution in [3.05, 3.63) is 46.0 Å². The first-order valence-corrected chi connectivity index (χ1v) is 7.79. The van der Waals surface area contributed by atoms with Crippen molar-refractivity contribution in [3.63, 3.8) is 0 Å². The average Bonchev–Trinajstić information content (AvgIpc) is 3.18. The lowest BCUT2D eigenvalue weighted by molar-refractivity contribution is -0.129. The third kappa shape index (κ3) is 2.90. The summed E-state index contributed by atoms with van der Waals surface area (Å²) in [5.41, 5.74) is 0. The van der Waals surface area contributed by atoms with Crippen LogP contribution in [0.1, 0.15) is 27.2 Å². The van der Waals surface area contributed by atoms with Crippen molar-refractivity contribution < 1.29 is 18.7 Å². The Hall–Kier alpha value is -2.12. The molecule has 0 spiro atoms. The van der Waals surface area contributed by atoms with Gasteiger partial charge in [-0.3, -0.25) is 9.69 Å². The van der Waals surface area contributed by atoms with E-state index in [1.54, 1.807) is 23.5 Å². The van der Waals surface area contributed by atoms with Crippen molar-refractivity contribution in [1.82, 2.24) is 10.2 Å². The van der Waals surface area contributed by atoms with Crippen molar-refractivity contribution in [2.24, 2.45) is 0 Å². The summed E-state index contributed by atoms with van der Waals surface area (Å²) in [6.07, 6.45) is 0. The molecule has 0 saturated carbocycles. The fraction of sp³-hybridized carbons (Fsp3) is 0.333. The molecule has 116 valence electrons. The predicted octanol–water partition coefficient (Wildman–Crippen LogP) is 1.80. The van der Waals surface area contributed by atoms with Crippen LogP contribution in [0.2, 0.25) is 0 Å². The van der Waals surface area contributed by atoms with E-state index in [1.807, 2.05) is 22.4 Å². The maximum atomic E-state index is 12.2. The Labute approximate surface area is 131 Å². The van der Waals surface area contributed by atoms with Gasteiger partial charge in [0, 0.05) is 18.0 Å². The predicted molar refractivity (Wildman–Crippen MR) is 80.5 cm³/mol. The molecule has 0 aliphatic carbocycles. The quantitative estimate of drug-likeness (QED) is 0.870. The Morgan fingerprint density at radius 3 is 3.09 bits per heavy atom. The number of amides is 1. The normalized spacial score (nSPS) is 19.0. The Bertz CT molecular complexity index is 665. The molecule has 2 aromatic heterocycles. The van der Waals surface area contributed by atoms with Gasteiger partial charge in [-0.05, 0) is 23.6 Å². The molecule has 6 nitrogen and oxygen atoms in total. The second-order valence-corrected chi connectivity index (χ2v) is 5.92. The Balaban J connectivity index is 1.78. The number of ether oxygens (including phenoxy) is 1. The lowest BCUT2D eigenvalue weighted by Crippen LogP contribution is -2.49. The number of furan rings is 1. The molecule has 1 atom stereocenters. The van der Waals surface area contributed by atoms with Crippen molar-refractivity contribution >= 4 is 23.2 Å². The van der Waals surface area contributed by atoms with E-state index in [9.17, 15) is 9.59 Å². The summed E-state index contributed by atoms with van der Waals surface area (Å²) >= 11 is 1.55. The molecule has 1 aliphatic heterocycles. The molecule has 0 bridgehead atoms. The molecule has 0 radical (unpaired) electrons. The zero-order valence-electron chi connectivity index (χ0n) is 12.1. The van der Waals surface area contributed by atoms with E-state index in [2.05, 4.69) is 10.1 Å². The molecule has 7 heteroatoms. The number of piperazine rings is 1. The van der Waals surface area contributed by atoms with Gasteiger partial charge in [0.2, 0.25) is 11.7 Å². The van der Waals surface area contributed by atoms with Crippen LogP contribution >= 0.6 is 11.3 Å².